The lowest BCUT2D eigenvalue weighted by atomic mass is 10.2. The first-order valence-electron chi connectivity index (χ1n) is 9.94. The van der Waals surface area contributed by atoms with Crippen LogP contribution in [0, 0.1) is 0 Å². The molecule has 1 amide bonds. The molecule has 0 aliphatic carbocycles. The Morgan fingerprint density at radius 2 is 1.38 bits per heavy atom. The molecule has 0 aromatic carbocycles. The van der Waals surface area contributed by atoms with Crippen molar-refractivity contribution in [2.24, 2.45) is 0 Å². The van der Waals surface area contributed by atoms with Gasteiger partial charge in [-0.05, 0) is 39.8 Å². The Labute approximate surface area is 157 Å². The Morgan fingerprint density at radius 3 is 1.85 bits per heavy atom. The Kier molecular flexibility index (Phi) is 6.14. The first-order chi connectivity index (χ1) is 12.5. The molecule has 3 heterocycles. The average molecular weight is 360 g/mol. The van der Waals surface area contributed by atoms with Gasteiger partial charge < -0.3 is 9.80 Å². The van der Waals surface area contributed by atoms with E-state index < -0.39 is 0 Å². The van der Waals surface area contributed by atoms with Crippen molar-refractivity contribution in [3.05, 3.63) is 23.9 Å². The monoisotopic (exact) mass is 359 g/mol. The number of rotatable bonds is 4. The number of hydrogen-bond acceptors (Lipinski definition) is 5. The highest BCUT2D eigenvalue weighted by Gasteiger charge is 2.24. The topological polar surface area (TPSA) is 42.9 Å². The molecule has 0 bridgehead atoms. The van der Waals surface area contributed by atoms with Gasteiger partial charge in [-0.2, -0.15) is 0 Å². The zero-order chi connectivity index (χ0) is 18.7. The highest BCUT2D eigenvalue weighted by molar-refractivity contribution is 5.94. The van der Waals surface area contributed by atoms with Gasteiger partial charge in [0.2, 0.25) is 0 Å². The van der Waals surface area contributed by atoms with Crippen LogP contribution >= 0.6 is 0 Å². The van der Waals surface area contributed by atoms with Gasteiger partial charge in [0.15, 0.2) is 0 Å². The summed E-state index contributed by atoms with van der Waals surface area (Å²) in [4.78, 5) is 26.5. The molecule has 2 fully saturated rings. The van der Waals surface area contributed by atoms with Crippen molar-refractivity contribution in [1.82, 2.24) is 19.7 Å². The smallest absolute Gasteiger partial charge is 0.255 e. The third kappa shape index (κ3) is 4.35. The van der Waals surface area contributed by atoms with Crippen molar-refractivity contribution in [3.63, 3.8) is 0 Å². The van der Waals surface area contributed by atoms with E-state index in [-0.39, 0.29) is 5.91 Å². The molecule has 1 aromatic heterocycles. The molecule has 3 rings (SSSR count). The third-order valence-electron chi connectivity index (χ3n) is 5.70. The number of nitrogens with zero attached hydrogens (tertiary/aromatic N) is 5. The number of piperazine rings is 2. The summed E-state index contributed by atoms with van der Waals surface area (Å²) in [6, 6.07) is 5.09. The molecule has 0 unspecified atom stereocenters. The van der Waals surface area contributed by atoms with E-state index in [1.807, 2.05) is 17.0 Å². The highest BCUT2D eigenvalue weighted by atomic mass is 16.2. The number of carbonyl (C=O) groups excluding carboxylic acids is 1. The second-order valence-corrected chi connectivity index (χ2v) is 7.94. The first-order valence-corrected chi connectivity index (χ1v) is 9.94. The zero-order valence-electron chi connectivity index (χ0n) is 16.7. The molecule has 26 heavy (non-hydrogen) atoms. The second kappa shape index (κ2) is 8.35. The molecule has 1 aromatic rings. The van der Waals surface area contributed by atoms with E-state index in [9.17, 15) is 4.79 Å². The molecular weight excluding hydrogens is 326 g/mol. The summed E-state index contributed by atoms with van der Waals surface area (Å²) in [6.45, 7) is 16.5. The van der Waals surface area contributed by atoms with Gasteiger partial charge in [-0.3, -0.25) is 14.6 Å². The van der Waals surface area contributed by atoms with Crippen molar-refractivity contribution in [1.29, 1.82) is 0 Å². The summed E-state index contributed by atoms with van der Waals surface area (Å²) in [6.07, 6.45) is 1.75. The summed E-state index contributed by atoms with van der Waals surface area (Å²) in [5, 5.41) is 0. The van der Waals surface area contributed by atoms with Gasteiger partial charge in [0.05, 0.1) is 5.56 Å². The Bertz CT molecular complexity index is 585. The van der Waals surface area contributed by atoms with Crippen LogP contribution in [0.5, 0.6) is 0 Å². The van der Waals surface area contributed by atoms with E-state index in [0.717, 1.165) is 58.2 Å². The van der Waals surface area contributed by atoms with Crippen molar-refractivity contribution in [2.45, 2.75) is 39.8 Å². The zero-order valence-corrected chi connectivity index (χ0v) is 16.7. The molecule has 0 atom stereocenters. The summed E-state index contributed by atoms with van der Waals surface area (Å²) in [7, 11) is 0. The fourth-order valence-corrected chi connectivity index (χ4v) is 3.79. The number of amides is 1. The highest BCUT2D eigenvalue weighted by Crippen LogP contribution is 2.17. The summed E-state index contributed by atoms with van der Waals surface area (Å²) in [5.74, 6) is 1.09. The van der Waals surface area contributed by atoms with E-state index in [1.54, 1.807) is 6.20 Å². The fourth-order valence-electron chi connectivity index (χ4n) is 3.79. The van der Waals surface area contributed by atoms with E-state index >= 15 is 0 Å². The number of pyridine rings is 1. The van der Waals surface area contributed by atoms with Crippen LogP contribution < -0.4 is 4.90 Å². The van der Waals surface area contributed by atoms with Crippen LogP contribution in [0.2, 0.25) is 0 Å². The molecule has 0 N–H and O–H groups in total. The van der Waals surface area contributed by atoms with Crippen LogP contribution in [0.1, 0.15) is 38.1 Å². The van der Waals surface area contributed by atoms with Gasteiger partial charge in [-0.15, -0.1) is 0 Å². The molecular formula is C20H33N5O. The van der Waals surface area contributed by atoms with E-state index in [4.69, 9.17) is 0 Å². The lowest BCUT2D eigenvalue weighted by molar-refractivity contribution is 0.0595. The van der Waals surface area contributed by atoms with Crippen LogP contribution in [0.4, 0.5) is 5.82 Å². The maximum Gasteiger partial charge on any atom is 0.255 e. The van der Waals surface area contributed by atoms with E-state index in [1.165, 1.54) is 0 Å². The average Bonchev–Trinajstić information content (AvgIpc) is 2.67. The fraction of sp³-hybridized carbons (Fsp3) is 0.700. The van der Waals surface area contributed by atoms with Crippen LogP contribution in [0.3, 0.4) is 0 Å². The van der Waals surface area contributed by atoms with Gasteiger partial charge >= 0.3 is 0 Å². The lowest BCUT2D eigenvalue weighted by Gasteiger charge is -2.37. The molecule has 0 spiro atoms. The first kappa shape index (κ1) is 19.1. The van der Waals surface area contributed by atoms with Crippen molar-refractivity contribution < 1.29 is 4.79 Å². The van der Waals surface area contributed by atoms with E-state index in [0.29, 0.717) is 17.6 Å². The molecule has 6 heteroatoms. The summed E-state index contributed by atoms with van der Waals surface area (Å²) < 4.78 is 0. The van der Waals surface area contributed by atoms with E-state index in [2.05, 4.69) is 47.4 Å². The quantitative estimate of drug-likeness (QED) is 0.820. The molecule has 6 nitrogen and oxygen atoms in total. The third-order valence-corrected chi connectivity index (χ3v) is 5.70. The van der Waals surface area contributed by atoms with Crippen molar-refractivity contribution >= 4 is 11.7 Å². The van der Waals surface area contributed by atoms with Crippen LogP contribution in [0.25, 0.3) is 0 Å². The minimum Gasteiger partial charge on any atom is -0.354 e. The maximum atomic E-state index is 12.7. The lowest BCUT2D eigenvalue weighted by Crippen LogP contribution is -2.50. The largest absolute Gasteiger partial charge is 0.354 e. The molecule has 2 saturated heterocycles. The summed E-state index contributed by atoms with van der Waals surface area (Å²) in [5.41, 5.74) is 0.701. The minimum absolute atomic E-state index is 0.108. The van der Waals surface area contributed by atoms with Crippen molar-refractivity contribution in [3.8, 4) is 0 Å². The SMILES string of the molecule is CC(C)N1CCN(C(=O)c2ccc(N3CCN(C(C)C)CC3)nc2)CC1. The number of carbonyl (C=O) groups is 1. The van der Waals surface area contributed by atoms with Gasteiger partial charge in [-0.1, -0.05) is 0 Å². The Hall–Kier alpha value is -1.66. The predicted molar refractivity (Wildman–Crippen MR) is 106 cm³/mol. The van der Waals surface area contributed by atoms with Crippen LogP contribution in [-0.4, -0.2) is 90.0 Å². The molecule has 0 radical (unpaired) electrons. The van der Waals surface area contributed by atoms with Gasteiger partial charge in [0.1, 0.15) is 5.82 Å². The van der Waals surface area contributed by atoms with Crippen LogP contribution in [-0.2, 0) is 0 Å². The standard InChI is InChI=1S/C20H33N5O/c1-16(2)22-7-11-24(12-8-22)19-6-5-18(15-21-19)20(26)25-13-9-23(10-14-25)17(3)4/h5-6,15-17H,7-14H2,1-4H3. The summed E-state index contributed by atoms with van der Waals surface area (Å²) >= 11 is 0. The number of hydrogen-bond donors (Lipinski definition) is 0. The molecule has 144 valence electrons. The maximum absolute atomic E-state index is 12.7. The van der Waals surface area contributed by atoms with Gasteiger partial charge in [0, 0.05) is 70.6 Å². The molecule has 0 saturated carbocycles. The molecule has 2 aliphatic heterocycles. The van der Waals surface area contributed by atoms with Gasteiger partial charge in [-0.25, -0.2) is 4.98 Å². The predicted octanol–water partition coefficient (Wildman–Crippen LogP) is 1.78. The normalized spacial score (nSPS) is 20.2. The Balaban J connectivity index is 1.55. The van der Waals surface area contributed by atoms with Gasteiger partial charge in [0.25, 0.3) is 5.91 Å². The van der Waals surface area contributed by atoms with Crippen molar-refractivity contribution in [2.75, 3.05) is 57.3 Å². The molecule has 2 aliphatic rings. The minimum atomic E-state index is 0.108. The second-order valence-electron chi connectivity index (χ2n) is 7.94. The van der Waals surface area contributed by atoms with Crippen LogP contribution in [0.15, 0.2) is 18.3 Å². The number of aromatic nitrogens is 1. The number of anilines is 1. The Morgan fingerprint density at radius 1 is 0.846 bits per heavy atom.